The van der Waals surface area contributed by atoms with Gasteiger partial charge in [0.15, 0.2) is 11.5 Å². The maximum Gasteiger partial charge on any atom is 0.164 e. The number of fused-ring (bicyclic) bond motifs is 1. The summed E-state index contributed by atoms with van der Waals surface area (Å²) in [6.07, 6.45) is 9.00. The van der Waals surface area contributed by atoms with Gasteiger partial charge in [-0.1, -0.05) is 18.9 Å². The zero-order valence-corrected chi connectivity index (χ0v) is 16.1. The Morgan fingerprint density at radius 3 is 2.65 bits per heavy atom. The average molecular weight is 357 g/mol. The molecule has 3 aliphatic carbocycles. The predicted molar refractivity (Wildman–Crippen MR) is 101 cm³/mol. The van der Waals surface area contributed by atoms with Crippen LogP contribution in [0.5, 0.6) is 11.5 Å². The molecule has 0 amide bonds. The van der Waals surface area contributed by atoms with Crippen molar-refractivity contribution >= 4 is 0 Å². The molecule has 142 valence electrons. The van der Waals surface area contributed by atoms with Crippen molar-refractivity contribution in [2.24, 2.45) is 5.92 Å². The summed E-state index contributed by atoms with van der Waals surface area (Å²) in [7, 11) is 3.45. The second kappa shape index (κ2) is 5.87. The fraction of sp³-hybridized carbons (Fsp3) is 0.727. The number of piperidine rings is 1. The Morgan fingerprint density at radius 2 is 1.92 bits per heavy atom. The van der Waals surface area contributed by atoms with E-state index in [1.54, 1.807) is 14.2 Å². The van der Waals surface area contributed by atoms with E-state index in [1.807, 2.05) is 6.07 Å². The lowest BCUT2D eigenvalue weighted by Crippen LogP contribution is -2.72. The molecule has 2 bridgehead atoms. The summed E-state index contributed by atoms with van der Waals surface area (Å²) in [6.45, 7) is 2.27. The van der Waals surface area contributed by atoms with Gasteiger partial charge in [-0.15, -0.1) is 0 Å². The molecule has 5 rings (SSSR count). The molecule has 4 nitrogen and oxygen atoms in total. The van der Waals surface area contributed by atoms with Crippen molar-refractivity contribution in [3.63, 3.8) is 0 Å². The van der Waals surface area contributed by atoms with Gasteiger partial charge in [0, 0.05) is 23.6 Å². The van der Waals surface area contributed by atoms with Gasteiger partial charge in [-0.3, -0.25) is 4.90 Å². The zero-order chi connectivity index (χ0) is 17.9. The quantitative estimate of drug-likeness (QED) is 0.898. The number of benzene rings is 1. The molecule has 2 saturated carbocycles. The van der Waals surface area contributed by atoms with Crippen LogP contribution in [0.3, 0.4) is 0 Å². The lowest BCUT2D eigenvalue weighted by molar-refractivity contribution is -0.167. The SMILES string of the molecule is COc1ccc2c(c1OC)[C@@]13CCCC[C@@]1(O)[C@@H](C2)N(CC1CC1)CC3. The van der Waals surface area contributed by atoms with Crippen LogP contribution in [0.2, 0.25) is 0 Å². The molecule has 4 aliphatic rings. The van der Waals surface area contributed by atoms with Gasteiger partial charge in [-0.2, -0.15) is 0 Å². The fourth-order valence-electron chi connectivity index (χ4n) is 6.38. The van der Waals surface area contributed by atoms with Crippen LogP contribution in [0, 0.1) is 5.92 Å². The molecule has 1 aliphatic heterocycles. The summed E-state index contributed by atoms with van der Waals surface area (Å²) >= 11 is 0. The van der Waals surface area contributed by atoms with E-state index in [1.165, 1.54) is 36.9 Å². The van der Waals surface area contributed by atoms with E-state index in [4.69, 9.17) is 9.47 Å². The van der Waals surface area contributed by atoms with Gasteiger partial charge in [-0.25, -0.2) is 0 Å². The topological polar surface area (TPSA) is 41.9 Å². The van der Waals surface area contributed by atoms with Crippen LogP contribution in [0.25, 0.3) is 0 Å². The maximum absolute atomic E-state index is 12.2. The molecular formula is C22H31NO3. The standard InChI is InChI=1S/C22H31NO3/c1-25-17-8-7-16-13-18-22(24)10-4-3-9-21(22,19(16)20(17)26-2)11-12-23(18)14-15-5-6-15/h7-8,15,18,24H,3-6,9-14H2,1-2H3/t18-,21+,22-/m1/s1. The Labute approximate surface area is 156 Å². The van der Waals surface area contributed by atoms with Crippen molar-refractivity contribution in [2.45, 2.75) is 68.4 Å². The molecule has 0 unspecified atom stereocenters. The minimum absolute atomic E-state index is 0.177. The van der Waals surface area contributed by atoms with Gasteiger partial charge in [0.05, 0.1) is 19.8 Å². The summed E-state index contributed by atoms with van der Waals surface area (Å²) in [4.78, 5) is 2.63. The molecule has 1 aromatic carbocycles. The number of ether oxygens (including phenoxy) is 2. The molecule has 1 aromatic rings. The Morgan fingerprint density at radius 1 is 1.12 bits per heavy atom. The first-order chi connectivity index (χ1) is 12.6. The fourth-order valence-corrected chi connectivity index (χ4v) is 6.38. The van der Waals surface area contributed by atoms with E-state index >= 15 is 0 Å². The summed E-state index contributed by atoms with van der Waals surface area (Å²) in [5.74, 6) is 2.52. The third kappa shape index (κ3) is 2.15. The first-order valence-corrected chi connectivity index (χ1v) is 10.3. The Balaban J connectivity index is 1.67. The molecule has 26 heavy (non-hydrogen) atoms. The molecule has 4 heteroatoms. The third-order valence-corrected chi connectivity index (χ3v) is 7.77. The minimum Gasteiger partial charge on any atom is -0.493 e. The Hall–Kier alpha value is -1.26. The largest absolute Gasteiger partial charge is 0.493 e. The predicted octanol–water partition coefficient (Wildman–Crippen LogP) is 3.29. The normalized spacial score (nSPS) is 36.2. The number of methoxy groups -OCH3 is 2. The number of likely N-dealkylation sites (tertiary alicyclic amines) is 1. The molecular weight excluding hydrogens is 326 g/mol. The van der Waals surface area contributed by atoms with Gasteiger partial charge < -0.3 is 14.6 Å². The van der Waals surface area contributed by atoms with Gasteiger partial charge in [0.1, 0.15) is 0 Å². The maximum atomic E-state index is 12.2. The van der Waals surface area contributed by atoms with Crippen LogP contribution in [-0.2, 0) is 11.8 Å². The van der Waals surface area contributed by atoms with Gasteiger partial charge in [-0.05, 0) is 62.6 Å². The van der Waals surface area contributed by atoms with Crippen molar-refractivity contribution in [1.82, 2.24) is 4.90 Å². The van der Waals surface area contributed by atoms with Gasteiger partial charge >= 0.3 is 0 Å². The molecule has 0 spiro atoms. The van der Waals surface area contributed by atoms with Crippen LogP contribution < -0.4 is 9.47 Å². The second-order valence-corrected chi connectivity index (χ2v) is 8.96. The molecule has 3 atom stereocenters. The molecule has 1 N–H and O–H groups in total. The minimum atomic E-state index is -0.634. The highest BCUT2D eigenvalue weighted by atomic mass is 16.5. The Bertz CT molecular complexity index is 716. The van der Waals surface area contributed by atoms with Crippen LogP contribution in [-0.4, -0.2) is 49.0 Å². The van der Waals surface area contributed by atoms with Crippen molar-refractivity contribution < 1.29 is 14.6 Å². The van der Waals surface area contributed by atoms with Crippen molar-refractivity contribution in [3.05, 3.63) is 23.3 Å². The highest BCUT2D eigenvalue weighted by Crippen LogP contribution is 2.61. The molecule has 0 aromatic heterocycles. The number of hydrogen-bond donors (Lipinski definition) is 1. The van der Waals surface area contributed by atoms with E-state index in [0.29, 0.717) is 0 Å². The summed E-state index contributed by atoms with van der Waals surface area (Å²) < 4.78 is 11.5. The third-order valence-electron chi connectivity index (χ3n) is 7.77. The van der Waals surface area contributed by atoms with E-state index in [2.05, 4.69) is 11.0 Å². The highest BCUT2D eigenvalue weighted by Gasteiger charge is 2.64. The van der Waals surface area contributed by atoms with Gasteiger partial charge in [0.2, 0.25) is 0 Å². The van der Waals surface area contributed by atoms with Crippen LogP contribution in [0.1, 0.15) is 56.1 Å². The summed E-state index contributed by atoms with van der Waals surface area (Å²) in [5, 5.41) is 12.2. The van der Waals surface area contributed by atoms with Crippen LogP contribution in [0.4, 0.5) is 0 Å². The zero-order valence-electron chi connectivity index (χ0n) is 16.1. The molecule has 3 fully saturated rings. The van der Waals surface area contributed by atoms with Crippen LogP contribution >= 0.6 is 0 Å². The number of aliphatic hydroxyl groups is 1. The number of nitrogens with zero attached hydrogens (tertiary/aromatic N) is 1. The monoisotopic (exact) mass is 357 g/mol. The summed E-state index contributed by atoms with van der Waals surface area (Å²) in [5.41, 5.74) is 1.80. The first kappa shape index (κ1) is 16.9. The molecule has 1 saturated heterocycles. The average Bonchev–Trinajstić information content (AvgIpc) is 3.46. The molecule has 0 radical (unpaired) electrons. The van der Waals surface area contributed by atoms with E-state index < -0.39 is 5.60 Å². The second-order valence-electron chi connectivity index (χ2n) is 8.96. The lowest BCUT2D eigenvalue weighted by Gasteiger charge is -2.64. The Kier molecular flexibility index (Phi) is 3.81. The molecule has 1 heterocycles. The van der Waals surface area contributed by atoms with Crippen molar-refractivity contribution in [2.75, 3.05) is 27.3 Å². The van der Waals surface area contributed by atoms with E-state index in [0.717, 1.165) is 56.1 Å². The number of hydrogen-bond acceptors (Lipinski definition) is 4. The van der Waals surface area contributed by atoms with E-state index in [9.17, 15) is 5.11 Å². The van der Waals surface area contributed by atoms with Crippen molar-refractivity contribution in [3.8, 4) is 11.5 Å². The lowest BCUT2D eigenvalue weighted by atomic mass is 9.49. The van der Waals surface area contributed by atoms with Crippen LogP contribution in [0.15, 0.2) is 12.1 Å². The smallest absolute Gasteiger partial charge is 0.164 e. The summed E-state index contributed by atoms with van der Waals surface area (Å²) in [6, 6.07) is 4.52. The first-order valence-electron chi connectivity index (χ1n) is 10.3. The number of rotatable bonds is 4. The van der Waals surface area contributed by atoms with Gasteiger partial charge in [0.25, 0.3) is 0 Å². The van der Waals surface area contributed by atoms with Crippen molar-refractivity contribution in [1.29, 1.82) is 0 Å². The highest BCUT2D eigenvalue weighted by molar-refractivity contribution is 5.58. The van der Waals surface area contributed by atoms with E-state index in [-0.39, 0.29) is 11.5 Å².